The van der Waals surface area contributed by atoms with Crippen LogP contribution in [0.1, 0.15) is 22.7 Å². The van der Waals surface area contributed by atoms with E-state index >= 15 is 0 Å². The molecule has 3 aromatic rings. The number of ketones is 1. The van der Waals surface area contributed by atoms with E-state index in [0.717, 1.165) is 5.56 Å². The average Bonchev–Trinajstić information content (AvgIpc) is 3.00. The molecular formula is C23H19N2O4+. The Morgan fingerprint density at radius 3 is 2.34 bits per heavy atom. The van der Waals surface area contributed by atoms with E-state index in [1.54, 1.807) is 54.9 Å². The zero-order valence-corrected chi connectivity index (χ0v) is 15.4. The molecule has 144 valence electrons. The summed E-state index contributed by atoms with van der Waals surface area (Å²) in [7, 11) is 0. The number of aromatic hydroxyl groups is 1. The molecule has 1 saturated heterocycles. The number of amides is 1. The summed E-state index contributed by atoms with van der Waals surface area (Å²) < 4.78 is 0. The van der Waals surface area contributed by atoms with Crippen LogP contribution in [0.15, 0.2) is 84.7 Å². The molecule has 6 nitrogen and oxygen atoms in total. The number of H-pyrrole nitrogens is 1. The Labute approximate surface area is 167 Å². The van der Waals surface area contributed by atoms with E-state index in [-0.39, 0.29) is 23.6 Å². The molecule has 2 aromatic carbocycles. The average molecular weight is 387 g/mol. The van der Waals surface area contributed by atoms with Gasteiger partial charge >= 0.3 is 0 Å². The van der Waals surface area contributed by atoms with Gasteiger partial charge in [-0.1, -0.05) is 42.5 Å². The number of hydrogen-bond acceptors (Lipinski definition) is 4. The molecule has 29 heavy (non-hydrogen) atoms. The summed E-state index contributed by atoms with van der Waals surface area (Å²) in [4.78, 5) is 30.2. The van der Waals surface area contributed by atoms with Crippen LogP contribution >= 0.6 is 0 Å². The van der Waals surface area contributed by atoms with Crippen molar-refractivity contribution in [2.45, 2.75) is 12.6 Å². The lowest BCUT2D eigenvalue weighted by molar-refractivity contribution is -0.378. The maximum Gasteiger partial charge on any atom is 0.295 e. The quantitative estimate of drug-likeness (QED) is 0.409. The highest BCUT2D eigenvalue weighted by Crippen LogP contribution is 2.40. The molecular weight excluding hydrogens is 368 g/mol. The molecule has 4 rings (SSSR count). The minimum absolute atomic E-state index is 0.0341. The highest BCUT2D eigenvalue weighted by molar-refractivity contribution is 6.46. The number of carbonyl (C=O) groups is 2. The van der Waals surface area contributed by atoms with Crippen molar-refractivity contribution in [1.82, 2.24) is 4.90 Å². The first-order valence-corrected chi connectivity index (χ1v) is 9.14. The fourth-order valence-electron chi connectivity index (χ4n) is 3.52. The Morgan fingerprint density at radius 2 is 1.69 bits per heavy atom. The lowest BCUT2D eigenvalue weighted by Gasteiger charge is -2.25. The summed E-state index contributed by atoms with van der Waals surface area (Å²) in [5.41, 5.74) is 1.94. The minimum atomic E-state index is -0.768. The molecule has 1 aliphatic rings. The number of benzene rings is 2. The molecule has 0 spiro atoms. The number of Topliss-reactive ketones (excluding diaryl/α,β-unsaturated/α-hetero) is 1. The van der Waals surface area contributed by atoms with Crippen molar-refractivity contribution < 1.29 is 24.8 Å². The molecule has 3 N–H and O–H groups in total. The molecule has 1 fully saturated rings. The highest BCUT2D eigenvalue weighted by atomic mass is 16.3. The van der Waals surface area contributed by atoms with Gasteiger partial charge in [-0.2, -0.15) is 0 Å². The van der Waals surface area contributed by atoms with Gasteiger partial charge in [0.2, 0.25) is 0 Å². The number of aromatic nitrogens is 1. The number of pyridine rings is 1. The molecule has 1 unspecified atom stereocenters. The SMILES string of the molecule is O=C1C(=O)N(Cc2ccc[nH+]c2)C(c2ccc(O)cc2)C1=C(O)c1ccccc1. The third-order valence-corrected chi connectivity index (χ3v) is 4.92. The predicted octanol–water partition coefficient (Wildman–Crippen LogP) is 2.83. The molecule has 0 bridgehead atoms. The molecule has 6 heteroatoms. The highest BCUT2D eigenvalue weighted by Gasteiger charge is 2.46. The standard InChI is InChI=1S/C23H18N2O4/c26-18-10-8-16(9-11-18)20-19(21(27)17-6-2-1-3-7-17)22(28)23(29)25(20)14-15-5-4-12-24-13-15/h1-13,20,26-27H,14H2/p+1. The van der Waals surface area contributed by atoms with E-state index in [0.29, 0.717) is 11.1 Å². The van der Waals surface area contributed by atoms with E-state index in [1.807, 2.05) is 12.1 Å². The summed E-state index contributed by atoms with van der Waals surface area (Å²) in [6.45, 7) is 0.193. The second kappa shape index (κ2) is 7.59. The van der Waals surface area contributed by atoms with Crippen LogP contribution in [0.3, 0.4) is 0 Å². The number of nitrogens with one attached hydrogen (secondary N) is 1. The van der Waals surface area contributed by atoms with Gasteiger partial charge in [0.05, 0.1) is 18.2 Å². The van der Waals surface area contributed by atoms with Crippen LogP contribution in [0.5, 0.6) is 5.75 Å². The fourth-order valence-corrected chi connectivity index (χ4v) is 3.52. The number of aromatic amines is 1. The first-order valence-electron chi connectivity index (χ1n) is 9.14. The number of carbonyl (C=O) groups excluding carboxylic acids is 2. The number of phenols is 1. The second-order valence-corrected chi connectivity index (χ2v) is 6.80. The van der Waals surface area contributed by atoms with Gasteiger partial charge in [-0.3, -0.25) is 9.59 Å². The second-order valence-electron chi connectivity index (χ2n) is 6.80. The molecule has 1 aromatic heterocycles. The molecule has 0 saturated carbocycles. The Bertz CT molecular complexity index is 1080. The van der Waals surface area contributed by atoms with Crippen molar-refractivity contribution in [3.8, 4) is 5.75 Å². The summed E-state index contributed by atoms with van der Waals surface area (Å²) >= 11 is 0. The van der Waals surface area contributed by atoms with Crippen molar-refractivity contribution >= 4 is 17.4 Å². The first-order chi connectivity index (χ1) is 14.1. The topological polar surface area (TPSA) is 92.0 Å². The van der Waals surface area contributed by atoms with E-state index < -0.39 is 17.7 Å². The van der Waals surface area contributed by atoms with E-state index in [4.69, 9.17) is 0 Å². The van der Waals surface area contributed by atoms with Crippen LogP contribution in [0.4, 0.5) is 0 Å². The summed E-state index contributed by atoms with van der Waals surface area (Å²) in [6.07, 6.45) is 3.51. The number of nitrogens with zero attached hydrogens (tertiary/aromatic N) is 1. The maximum absolute atomic E-state index is 12.9. The molecule has 1 aliphatic heterocycles. The third-order valence-electron chi connectivity index (χ3n) is 4.92. The molecule has 0 aliphatic carbocycles. The summed E-state index contributed by atoms with van der Waals surface area (Å²) in [6, 6.07) is 17.8. The number of likely N-dealkylation sites (tertiary alicyclic amines) is 1. The summed E-state index contributed by atoms with van der Waals surface area (Å²) in [5.74, 6) is -1.55. The van der Waals surface area contributed by atoms with Crippen LogP contribution in [0.25, 0.3) is 5.76 Å². The smallest absolute Gasteiger partial charge is 0.295 e. The maximum atomic E-state index is 12.9. The van der Waals surface area contributed by atoms with Crippen LogP contribution < -0.4 is 4.98 Å². The monoisotopic (exact) mass is 387 g/mol. The van der Waals surface area contributed by atoms with Gasteiger partial charge in [0.1, 0.15) is 11.5 Å². The molecule has 0 radical (unpaired) electrons. The van der Waals surface area contributed by atoms with Gasteiger partial charge in [-0.25, -0.2) is 4.98 Å². The fraction of sp³-hybridized carbons (Fsp3) is 0.0870. The van der Waals surface area contributed by atoms with Crippen molar-refractivity contribution in [2.75, 3.05) is 0 Å². The van der Waals surface area contributed by atoms with Gasteiger partial charge in [-0.15, -0.1) is 0 Å². The van der Waals surface area contributed by atoms with Crippen LogP contribution in [-0.2, 0) is 16.1 Å². The van der Waals surface area contributed by atoms with Crippen molar-refractivity contribution in [1.29, 1.82) is 0 Å². The Hall–Kier alpha value is -3.93. The largest absolute Gasteiger partial charge is 0.508 e. The van der Waals surface area contributed by atoms with Crippen molar-refractivity contribution in [2.24, 2.45) is 0 Å². The van der Waals surface area contributed by atoms with Gasteiger partial charge in [-0.05, 0) is 23.8 Å². The predicted molar refractivity (Wildman–Crippen MR) is 105 cm³/mol. The number of hydrogen-bond donors (Lipinski definition) is 2. The van der Waals surface area contributed by atoms with Crippen molar-refractivity contribution in [3.63, 3.8) is 0 Å². The Kier molecular flexibility index (Phi) is 4.83. The number of phenolic OH excluding ortho intramolecular Hbond substituents is 1. The van der Waals surface area contributed by atoms with Gasteiger partial charge in [0, 0.05) is 17.2 Å². The minimum Gasteiger partial charge on any atom is -0.508 e. The van der Waals surface area contributed by atoms with Crippen LogP contribution in [0.2, 0.25) is 0 Å². The Morgan fingerprint density at radius 1 is 0.966 bits per heavy atom. The van der Waals surface area contributed by atoms with Gasteiger partial charge in [0.15, 0.2) is 12.4 Å². The zero-order valence-electron chi connectivity index (χ0n) is 15.4. The van der Waals surface area contributed by atoms with E-state index in [2.05, 4.69) is 4.98 Å². The lowest BCUT2D eigenvalue weighted by atomic mass is 9.95. The van der Waals surface area contributed by atoms with E-state index in [9.17, 15) is 19.8 Å². The number of aliphatic hydroxyl groups is 1. The third kappa shape index (κ3) is 3.48. The van der Waals surface area contributed by atoms with E-state index in [1.165, 1.54) is 17.0 Å². The lowest BCUT2D eigenvalue weighted by Crippen LogP contribution is -2.29. The Balaban J connectivity index is 1.86. The number of aliphatic hydroxyl groups excluding tert-OH is 1. The van der Waals surface area contributed by atoms with Crippen molar-refractivity contribution in [3.05, 3.63) is 101 Å². The molecule has 1 atom stereocenters. The van der Waals surface area contributed by atoms with Gasteiger partial charge in [0.25, 0.3) is 11.7 Å². The molecule has 1 amide bonds. The number of rotatable bonds is 4. The van der Waals surface area contributed by atoms with Crippen LogP contribution in [0, 0.1) is 0 Å². The first kappa shape index (κ1) is 18.4. The van der Waals surface area contributed by atoms with Gasteiger partial charge < -0.3 is 15.1 Å². The summed E-state index contributed by atoms with van der Waals surface area (Å²) in [5, 5.41) is 20.5. The zero-order chi connectivity index (χ0) is 20.4. The van der Waals surface area contributed by atoms with Crippen LogP contribution in [-0.4, -0.2) is 26.8 Å². The molecule has 2 heterocycles. The normalized spacial score (nSPS) is 18.2.